The molecule has 6 aromatic rings. The maximum Gasteiger partial charge on any atom is 0.268 e. The minimum Gasteiger partial charge on any atom is -0.496 e. The second-order valence-electron chi connectivity index (χ2n) is 9.48. The highest BCUT2D eigenvalue weighted by atomic mass is 32.1. The molecule has 3 heterocycles. The molecule has 0 aliphatic rings. The average molecular weight is 578 g/mol. The molecule has 2 N–H and O–H groups in total. The number of benzene rings is 3. The van der Waals surface area contributed by atoms with Crippen LogP contribution in [0, 0.1) is 0 Å². The zero-order valence-electron chi connectivity index (χ0n) is 22.7. The van der Waals surface area contributed by atoms with E-state index in [1.807, 2.05) is 71.3 Å². The molecule has 0 radical (unpaired) electrons. The molecule has 0 unspecified atom stereocenters. The van der Waals surface area contributed by atoms with Crippen molar-refractivity contribution in [2.45, 2.75) is 13.0 Å². The summed E-state index contributed by atoms with van der Waals surface area (Å²) in [4.78, 5) is 36.0. The van der Waals surface area contributed by atoms with Crippen LogP contribution in [0.4, 0.5) is 11.6 Å². The first-order valence-corrected chi connectivity index (χ1v) is 14.1. The molecule has 1 amide bonds. The van der Waals surface area contributed by atoms with Crippen LogP contribution in [0.1, 0.15) is 25.6 Å². The lowest BCUT2D eigenvalue weighted by Gasteiger charge is -2.12. The van der Waals surface area contributed by atoms with Gasteiger partial charge in [-0.3, -0.25) is 14.9 Å². The molecule has 0 aliphatic heterocycles. The van der Waals surface area contributed by atoms with E-state index in [1.54, 1.807) is 31.5 Å². The van der Waals surface area contributed by atoms with Crippen molar-refractivity contribution >= 4 is 45.7 Å². The number of Topliss-reactive ketones (excluding diaryl/α,β-unsaturated/α-hetero) is 1. The first kappa shape index (κ1) is 27.0. The van der Waals surface area contributed by atoms with E-state index in [4.69, 9.17) is 14.1 Å². The summed E-state index contributed by atoms with van der Waals surface area (Å²) in [5, 5.41) is 6.21. The van der Waals surface area contributed by atoms with Crippen LogP contribution in [0.2, 0.25) is 0 Å². The molecule has 3 aromatic heterocycles. The number of carbonyl (C=O) groups is 2. The van der Waals surface area contributed by atoms with E-state index < -0.39 is 0 Å². The molecule has 9 nitrogen and oxygen atoms in total. The standard InChI is InChI=1S/C32H27N5O4S/c1-40-27-10-6-5-9-22(27)15-16-37-25-12-11-23(34-18-26(38)21-7-3-2-4-8-21)17-24(25)35-32(37)36-31(39)30-14-13-29(42-30)28-19-33-20-41-28/h2-14,17,19-20,34H,15-16,18H2,1H3,(H,35,36,39). The number of hydrogen-bond acceptors (Lipinski definition) is 8. The molecule has 210 valence electrons. The lowest BCUT2D eigenvalue weighted by molar-refractivity contribution is 0.100. The number of anilines is 2. The van der Waals surface area contributed by atoms with Gasteiger partial charge in [0.05, 0.1) is 40.6 Å². The maximum atomic E-state index is 13.3. The van der Waals surface area contributed by atoms with Crippen molar-refractivity contribution in [1.82, 2.24) is 14.5 Å². The lowest BCUT2D eigenvalue weighted by Crippen LogP contribution is -2.15. The molecule has 0 atom stereocenters. The number of imidazole rings is 1. The summed E-state index contributed by atoms with van der Waals surface area (Å²) in [7, 11) is 1.65. The fourth-order valence-corrected chi connectivity index (χ4v) is 5.56. The number of thiophene rings is 1. The molecule has 42 heavy (non-hydrogen) atoms. The van der Waals surface area contributed by atoms with Crippen LogP contribution in [0.3, 0.4) is 0 Å². The molecular weight excluding hydrogens is 550 g/mol. The number of ether oxygens (including phenoxy) is 1. The number of para-hydroxylation sites is 1. The van der Waals surface area contributed by atoms with Crippen molar-refractivity contribution in [1.29, 1.82) is 0 Å². The summed E-state index contributed by atoms with van der Waals surface area (Å²) in [6.45, 7) is 0.707. The Labute approximate surface area is 245 Å². The fourth-order valence-electron chi connectivity index (χ4n) is 4.70. The Kier molecular flexibility index (Phi) is 7.78. The van der Waals surface area contributed by atoms with Crippen LogP contribution in [-0.4, -0.2) is 39.9 Å². The van der Waals surface area contributed by atoms with E-state index in [2.05, 4.69) is 15.6 Å². The third-order valence-corrected chi connectivity index (χ3v) is 7.92. The zero-order valence-corrected chi connectivity index (χ0v) is 23.6. The number of hydrogen-bond donors (Lipinski definition) is 2. The van der Waals surface area contributed by atoms with Crippen molar-refractivity contribution in [2.75, 3.05) is 24.3 Å². The fraction of sp³-hybridized carbons (Fsp3) is 0.125. The number of methoxy groups -OCH3 is 1. The summed E-state index contributed by atoms with van der Waals surface area (Å²) in [5.41, 5.74) is 4.00. The summed E-state index contributed by atoms with van der Waals surface area (Å²) in [6, 6.07) is 26.4. The van der Waals surface area contributed by atoms with Crippen molar-refractivity contribution in [3.05, 3.63) is 114 Å². The van der Waals surface area contributed by atoms with Gasteiger partial charge in [-0.05, 0) is 48.4 Å². The molecule has 3 aromatic carbocycles. The van der Waals surface area contributed by atoms with Crippen LogP contribution in [-0.2, 0) is 13.0 Å². The maximum absolute atomic E-state index is 13.3. The van der Waals surface area contributed by atoms with E-state index in [0.29, 0.717) is 40.6 Å². The van der Waals surface area contributed by atoms with E-state index in [9.17, 15) is 9.59 Å². The molecule has 0 bridgehead atoms. The Morgan fingerprint density at radius 2 is 1.83 bits per heavy atom. The molecule has 0 fully saturated rings. The van der Waals surface area contributed by atoms with Gasteiger partial charge in [0.25, 0.3) is 5.91 Å². The number of aryl methyl sites for hydroxylation is 2. The van der Waals surface area contributed by atoms with Gasteiger partial charge >= 0.3 is 0 Å². The van der Waals surface area contributed by atoms with Gasteiger partial charge in [0.15, 0.2) is 17.9 Å². The van der Waals surface area contributed by atoms with E-state index in [1.165, 1.54) is 17.7 Å². The SMILES string of the molecule is COc1ccccc1CCn1c(NC(=O)c2ccc(-c3cnco3)s2)nc2cc(NCC(=O)c3ccccc3)ccc21. The van der Waals surface area contributed by atoms with Crippen molar-refractivity contribution < 1.29 is 18.7 Å². The van der Waals surface area contributed by atoms with Gasteiger partial charge in [0.2, 0.25) is 5.95 Å². The quantitative estimate of drug-likeness (QED) is 0.168. The van der Waals surface area contributed by atoms with Crippen LogP contribution in [0.25, 0.3) is 21.7 Å². The Hall–Kier alpha value is -5.22. The molecule has 0 aliphatic carbocycles. The van der Waals surface area contributed by atoms with Crippen molar-refractivity contribution in [3.8, 4) is 16.4 Å². The van der Waals surface area contributed by atoms with Crippen LogP contribution in [0.15, 0.2) is 102 Å². The Bertz CT molecular complexity index is 1840. The highest BCUT2D eigenvalue weighted by Gasteiger charge is 2.18. The van der Waals surface area contributed by atoms with E-state index in [-0.39, 0.29) is 18.2 Å². The summed E-state index contributed by atoms with van der Waals surface area (Å²) < 4.78 is 12.9. The van der Waals surface area contributed by atoms with Crippen LogP contribution >= 0.6 is 11.3 Å². The van der Waals surface area contributed by atoms with Gasteiger partial charge in [0, 0.05) is 17.8 Å². The predicted octanol–water partition coefficient (Wildman–Crippen LogP) is 6.55. The van der Waals surface area contributed by atoms with Gasteiger partial charge in [-0.25, -0.2) is 9.97 Å². The van der Waals surface area contributed by atoms with E-state index in [0.717, 1.165) is 27.4 Å². The van der Waals surface area contributed by atoms with Crippen LogP contribution in [0.5, 0.6) is 5.75 Å². The number of nitrogens with zero attached hydrogens (tertiary/aromatic N) is 3. The number of amides is 1. The highest BCUT2D eigenvalue weighted by Crippen LogP contribution is 2.30. The Balaban J connectivity index is 1.27. The first-order chi connectivity index (χ1) is 20.6. The van der Waals surface area contributed by atoms with Gasteiger partial charge in [-0.1, -0.05) is 48.5 Å². The number of fused-ring (bicyclic) bond motifs is 1. The molecule has 0 saturated heterocycles. The normalized spacial score (nSPS) is 11.0. The average Bonchev–Trinajstić information content (AvgIpc) is 3.80. The number of aromatic nitrogens is 3. The number of carbonyl (C=O) groups excluding carboxylic acids is 2. The second-order valence-corrected chi connectivity index (χ2v) is 10.6. The lowest BCUT2D eigenvalue weighted by atomic mass is 10.1. The number of rotatable bonds is 11. The van der Waals surface area contributed by atoms with Crippen molar-refractivity contribution in [2.24, 2.45) is 0 Å². The summed E-state index contributed by atoms with van der Waals surface area (Å²) in [6.07, 6.45) is 3.64. The van der Waals surface area contributed by atoms with Crippen molar-refractivity contribution in [3.63, 3.8) is 0 Å². The molecule has 0 spiro atoms. The first-order valence-electron chi connectivity index (χ1n) is 13.3. The number of oxazole rings is 1. The summed E-state index contributed by atoms with van der Waals surface area (Å²) >= 11 is 1.31. The third kappa shape index (κ3) is 5.79. The third-order valence-electron chi connectivity index (χ3n) is 6.82. The second kappa shape index (κ2) is 12.1. The zero-order chi connectivity index (χ0) is 28.9. The Morgan fingerprint density at radius 1 is 1.00 bits per heavy atom. The minimum absolute atomic E-state index is 0.00775. The predicted molar refractivity (Wildman–Crippen MR) is 163 cm³/mol. The smallest absolute Gasteiger partial charge is 0.268 e. The summed E-state index contributed by atoms with van der Waals surface area (Å²) in [5.74, 6) is 1.56. The van der Waals surface area contributed by atoms with Gasteiger partial charge in [-0.15, -0.1) is 11.3 Å². The van der Waals surface area contributed by atoms with Crippen LogP contribution < -0.4 is 15.4 Å². The number of nitrogens with one attached hydrogen (secondary N) is 2. The topological polar surface area (TPSA) is 111 Å². The Morgan fingerprint density at radius 3 is 2.64 bits per heavy atom. The number of ketones is 1. The highest BCUT2D eigenvalue weighted by molar-refractivity contribution is 7.17. The molecule has 10 heteroatoms. The monoisotopic (exact) mass is 577 g/mol. The van der Waals surface area contributed by atoms with Gasteiger partial charge in [0.1, 0.15) is 5.75 Å². The largest absolute Gasteiger partial charge is 0.496 e. The minimum atomic E-state index is -0.272. The molecule has 6 rings (SSSR count). The molecular formula is C32H27N5O4S. The van der Waals surface area contributed by atoms with E-state index >= 15 is 0 Å². The molecule has 0 saturated carbocycles. The van der Waals surface area contributed by atoms with Gasteiger partial charge in [-0.2, -0.15) is 0 Å². The van der Waals surface area contributed by atoms with Gasteiger partial charge < -0.3 is 19.0 Å².